The number of halogens is 2. The molecule has 0 atom stereocenters. The summed E-state index contributed by atoms with van der Waals surface area (Å²) >= 11 is 0. The van der Waals surface area contributed by atoms with E-state index in [1.165, 1.54) is 18.3 Å². The molecule has 1 amide bonds. The van der Waals surface area contributed by atoms with Gasteiger partial charge >= 0.3 is 0 Å². The summed E-state index contributed by atoms with van der Waals surface area (Å²) in [6.45, 7) is 0.461. The molecule has 0 unspecified atom stereocenters. The van der Waals surface area contributed by atoms with Crippen LogP contribution in [0.1, 0.15) is 15.9 Å². The van der Waals surface area contributed by atoms with Crippen LogP contribution in [0, 0.1) is 11.6 Å². The molecule has 1 aromatic heterocycles. The number of nitrogens with one attached hydrogen (secondary N) is 2. The molecule has 5 nitrogen and oxygen atoms in total. The van der Waals surface area contributed by atoms with Crippen molar-refractivity contribution in [3.05, 3.63) is 83.6 Å². The molecule has 0 aliphatic heterocycles. The van der Waals surface area contributed by atoms with Gasteiger partial charge in [0.15, 0.2) is 0 Å². The normalized spacial score (nSPS) is 10.4. The number of anilines is 2. The van der Waals surface area contributed by atoms with E-state index >= 15 is 0 Å². The number of methoxy groups -OCH3 is 1. The highest BCUT2D eigenvalue weighted by Crippen LogP contribution is 2.20. The maximum absolute atomic E-state index is 13.8. The highest BCUT2D eigenvalue weighted by Gasteiger charge is 2.09. The van der Waals surface area contributed by atoms with Crippen molar-refractivity contribution < 1.29 is 18.3 Å². The number of rotatable bonds is 7. The first-order valence-corrected chi connectivity index (χ1v) is 8.64. The number of aromatic nitrogens is 1. The van der Waals surface area contributed by atoms with Crippen molar-refractivity contribution in [3.8, 4) is 5.75 Å². The number of benzene rings is 2. The second kappa shape index (κ2) is 8.94. The summed E-state index contributed by atoms with van der Waals surface area (Å²) in [5, 5.41) is 5.58. The molecule has 0 aliphatic carbocycles. The molecule has 0 radical (unpaired) electrons. The summed E-state index contributed by atoms with van der Waals surface area (Å²) in [7, 11) is 1.61. The zero-order valence-electron chi connectivity index (χ0n) is 15.2. The average Bonchev–Trinajstić information content (AvgIpc) is 2.71. The van der Waals surface area contributed by atoms with E-state index in [0.717, 1.165) is 23.4 Å². The molecule has 0 fully saturated rings. The van der Waals surface area contributed by atoms with E-state index < -0.39 is 11.6 Å². The molecule has 2 aromatic carbocycles. The molecule has 0 saturated carbocycles. The third-order valence-corrected chi connectivity index (χ3v) is 4.07. The van der Waals surface area contributed by atoms with Crippen molar-refractivity contribution in [2.75, 3.05) is 19.0 Å². The molecule has 3 rings (SSSR count). The Morgan fingerprint density at radius 3 is 2.57 bits per heavy atom. The fraction of sp³-hybridized carbons (Fsp3) is 0.143. The van der Waals surface area contributed by atoms with Crippen LogP contribution in [0.4, 0.5) is 20.3 Å². The van der Waals surface area contributed by atoms with E-state index in [1.807, 2.05) is 24.3 Å². The number of carbonyl (C=O) groups excluding carboxylic acids is 1. The zero-order valence-corrected chi connectivity index (χ0v) is 15.2. The number of carbonyl (C=O) groups is 1. The van der Waals surface area contributed by atoms with Crippen LogP contribution in [0.25, 0.3) is 0 Å². The van der Waals surface area contributed by atoms with Gasteiger partial charge in [-0.3, -0.25) is 4.79 Å². The lowest BCUT2D eigenvalue weighted by Crippen LogP contribution is -2.25. The number of amides is 1. The van der Waals surface area contributed by atoms with E-state index in [1.54, 1.807) is 13.2 Å². The van der Waals surface area contributed by atoms with Gasteiger partial charge in [-0.2, -0.15) is 0 Å². The fourth-order valence-electron chi connectivity index (χ4n) is 2.58. The number of pyridine rings is 1. The lowest BCUT2D eigenvalue weighted by Gasteiger charge is -2.09. The largest absolute Gasteiger partial charge is 0.497 e. The van der Waals surface area contributed by atoms with Gasteiger partial charge in [0.2, 0.25) is 0 Å². The number of hydrogen-bond donors (Lipinski definition) is 2. The summed E-state index contributed by atoms with van der Waals surface area (Å²) in [4.78, 5) is 16.4. The first kappa shape index (κ1) is 19.3. The van der Waals surface area contributed by atoms with Crippen LogP contribution in [0.5, 0.6) is 5.75 Å². The van der Waals surface area contributed by atoms with Crippen molar-refractivity contribution in [2.24, 2.45) is 0 Å². The van der Waals surface area contributed by atoms with Gasteiger partial charge < -0.3 is 15.4 Å². The topological polar surface area (TPSA) is 63.2 Å². The predicted octanol–water partition coefficient (Wildman–Crippen LogP) is 4.08. The second-order valence-corrected chi connectivity index (χ2v) is 6.03. The maximum Gasteiger partial charge on any atom is 0.251 e. The number of nitrogens with zero attached hydrogens (tertiary/aromatic N) is 1. The van der Waals surface area contributed by atoms with Gasteiger partial charge in [0, 0.05) is 24.4 Å². The average molecular weight is 383 g/mol. The highest BCUT2D eigenvalue weighted by atomic mass is 19.1. The summed E-state index contributed by atoms with van der Waals surface area (Å²) < 4.78 is 31.9. The molecule has 0 aliphatic rings. The standard InChI is InChI=1S/C21H19F2N3O2/c1-28-17-5-2-14(3-6-17)8-10-25-21(27)15-9-11-24-20(12-15)26-19-7-4-16(22)13-18(19)23/h2-7,9,11-13H,8,10H2,1H3,(H,24,26)(H,25,27). The van der Waals surface area contributed by atoms with E-state index in [4.69, 9.17) is 4.74 Å². The molecule has 144 valence electrons. The lowest BCUT2D eigenvalue weighted by molar-refractivity contribution is 0.0954. The summed E-state index contributed by atoms with van der Waals surface area (Å²) in [6.07, 6.45) is 2.12. The van der Waals surface area contributed by atoms with Crippen LogP contribution in [0.2, 0.25) is 0 Å². The summed E-state index contributed by atoms with van der Waals surface area (Å²) in [6, 6.07) is 13.9. The van der Waals surface area contributed by atoms with Gasteiger partial charge in [0.25, 0.3) is 5.91 Å². The zero-order chi connectivity index (χ0) is 19.9. The Labute approximate surface area is 161 Å². The maximum atomic E-state index is 13.8. The van der Waals surface area contributed by atoms with Crippen LogP contribution in [-0.2, 0) is 6.42 Å². The van der Waals surface area contributed by atoms with Gasteiger partial charge in [-0.15, -0.1) is 0 Å². The Bertz CT molecular complexity index is 962. The minimum absolute atomic E-state index is 0.0750. The first-order chi connectivity index (χ1) is 13.5. The molecular weight excluding hydrogens is 364 g/mol. The molecule has 7 heteroatoms. The van der Waals surface area contributed by atoms with Crippen LogP contribution in [-0.4, -0.2) is 24.5 Å². The van der Waals surface area contributed by atoms with Gasteiger partial charge in [0.05, 0.1) is 12.8 Å². The molecule has 2 N–H and O–H groups in total. The third kappa shape index (κ3) is 5.03. The predicted molar refractivity (Wildman–Crippen MR) is 103 cm³/mol. The molecule has 3 aromatic rings. The molecule has 1 heterocycles. The number of ether oxygens (including phenoxy) is 1. The quantitative estimate of drug-likeness (QED) is 0.645. The van der Waals surface area contributed by atoms with Crippen LogP contribution < -0.4 is 15.4 Å². The van der Waals surface area contributed by atoms with Crippen molar-refractivity contribution in [1.29, 1.82) is 0 Å². The van der Waals surface area contributed by atoms with Gasteiger partial charge in [0.1, 0.15) is 23.2 Å². The van der Waals surface area contributed by atoms with Crippen molar-refractivity contribution in [1.82, 2.24) is 10.3 Å². The second-order valence-electron chi connectivity index (χ2n) is 6.03. The monoisotopic (exact) mass is 383 g/mol. The Balaban J connectivity index is 1.58. The minimum Gasteiger partial charge on any atom is -0.497 e. The Morgan fingerprint density at radius 1 is 1.07 bits per heavy atom. The molecule has 0 spiro atoms. The van der Waals surface area contributed by atoms with Crippen molar-refractivity contribution in [3.63, 3.8) is 0 Å². The van der Waals surface area contributed by atoms with E-state index in [9.17, 15) is 13.6 Å². The lowest BCUT2D eigenvalue weighted by atomic mass is 10.1. The Hall–Kier alpha value is -3.48. The van der Waals surface area contributed by atoms with Gasteiger partial charge in [-0.25, -0.2) is 13.8 Å². The van der Waals surface area contributed by atoms with Crippen LogP contribution in [0.3, 0.4) is 0 Å². The summed E-state index contributed by atoms with van der Waals surface area (Å²) in [5.74, 6) is -0.605. The third-order valence-electron chi connectivity index (χ3n) is 4.07. The van der Waals surface area contributed by atoms with Crippen molar-refractivity contribution in [2.45, 2.75) is 6.42 Å². The smallest absolute Gasteiger partial charge is 0.251 e. The SMILES string of the molecule is COc1ccc(CCNC(=O)c2ccnc(Nc3ccc(F)cc3F)c2)cc1. The van der Waals surface area contributed by atoms with E-state index in [-0.39, 0.29) is 17.4 Å². The van der Waals surface area contributed by atoms with Gasteiger partial charge in [-0.1, -0.05) is 12.1 Å². The molecular formula is C21H19F2N3O2. The summed E-state index contributed by atoms with van der Waals surface area (Å²) in [5.41, 5.74) is 1.53. The first-order valence-electron chi connectivity index (χ1n) is 8.64. The molecule has 0 saturated heterocycles. The van der Waals surface area contributed by atoms with E-state index in [2.05, 4.69) is 15.6 Å². The molecule has 28 heavy (non-hydrogen) atoms. The number of hydrogen-bond acceptors (Lipinski definition) is 4. The fourth-order valence-corrected chi connectivity index (χ4v) is 2.58. The van der Waals surface area contributed by atoms with E-state index in [0.29, 0.717) is 18.5 Å². The highest BCUT2D eigenvalue weighted by molar-refractivity contribution is 5.94. The molecule has 0 bridgehead atoms. The Morgan fingerprint density at radius 2 is 1.86 bits per heavy atom. The van der Waals surface area contributed by atoms with Crippen LogP contribution >= 0.6 is 0 Å². The Kier molecular flexibility index (Phi) is 6.16. The van der Waals surface area contributed by atoms with Crippen molar-refractivity contribution >= 4 is 17.4 Å². The van der Waals surface area contributed by atoms with Crippen LogP contribution in [0.15, 0.2) is 60.8 Å². The van der Waals surface area contributed by atoms with Gasteiger partial charge in [-0.05, 0) is 48.4 Å². The minimum atomic E-state index is -0.740.